The summed E-state index contributed by atoms with van der Waals surface area (Å²) < 4.78 is 31.2. The van der Waals surface area contributed by atoms with Gasteiger partial charge in [0, 0.05) is 22.2 Å². The first-order chi connectivity index (χ1) is 17.4. The molecule has 0 bridgehead atoms. The Morgan fingerprint density at radius 1 is 1.11 bits per heavy atom. The van der Waals surface area contributed by atoms with Gasteiger partial charge in [-0.05, 0) is 61.4 Å². The van der Waals surface area contributed by atoms with Crippen LogP contribution >= 0.6 is 23.2 Å². The van der Waals surface area contributed by atoms with Crippen molar-refractivity contribution >= 4 is 35.1 Å². The molecule has 188 valence electrons. The second kappa shape index (κ2) is 11.6. The van der Waals surface area contributed by atoms with Crippen LogP contribution in [0.5, 0.6) is 17.2 Å². The summed E-state index contributed by atoms with van der Waals surface area (Å²) in [7, 11) is 0. The number of carbonyl (C=O) groups is 2. The van der Waals surface area contributed by atoms with Gasteiger partial charge in [0.2, 0.25) is 0 Å². The number of rotatable bonds is 8. The van der Waals surface area contributed by atoms with Crippen LogP contribution in [0.15, 0.2) is 60.7 Å². The third-order valence-electron chi connectivity index (χ3n) is 5.69. The molecule has 1 amide bonds. The van der Waals surface area contributed by atoms with Gasteiger partial charge < -0.3 is 19.5 Å². The van der Waals surface area contributed by atoms with E-state index in [1.165, 1.54) is 0 Å². The lowest BCUT2D eigenvalue weighted by Gasteiger charge is -2.25. The maximum atomic E-state index is 14.4. The number of esters is 1. The lowest BCUT2D eigenvalue weighted by molar-refractivity contribution is -0.145. The molecule has 3 aromatic carbocycles. The molecule has 0 aliphatic carbocycles. The first kappa shape index (κ1) is 25.8. The van der Waals surface area contributed by atoms with E-state index in [-0.39, 0.29) is 12.5 Å². The minimum atomic E-state index is -1.36. The van der Waals surface area contributed by atoms with Crippen molar-refractivity contribution in [2.75, 3.05) is 19.8 Å². The highest BCUT2D eigenvalue weighted by atomic mass is 35.5. The largest absolute Gasteiger partial charge is 0.493 e. The molecule has 0 saturated heterocycles. The maximum absolute atomic E-state index is 14.4. The van der Waals surface area contributed by atoms with Crippen LogP contribution in [-0.4, -0.2) is 31.6 Å². The molecule has 1 N–H and O–H groups in total. The number of ether oxygens (including phenoxy) is 3. The molecule has 9 heteroatoms. The highest BCUT2D eigenvalue weighted by Gasteiger charge is 2.30. The zero-order chi connectivity index (χ0) is 25.7. The Bertz CT molecular complexity index is 1230. The quantitative estimate of drug-likeness (QED) is 0.329. The van der Waals surface area contributed by atoms with Gasteiger partial charge in [-0.3, -0.25) is 9.59 Å². The Labute approximate surface area is 218 Å². The average molecular weight is 532 g/mol. The Hall–Kier alpha value is -3.29. The van der Waals surface area contributed by atoms with Crippen molar-refractivity contribution in [2.45, 2.75) is 25.4 Å². The molecule has 0 saturated carbocycles. The Morgan fingerprint density at radius 3 is 2.53 bits per heavy atom. The molecule has 0 fully saturated rings. The van der Waals surface area contributed by atoms with Gasteiger partial charge in [0.05, 0.1) is 30.7 Å². The van der Waals surface area contributed by atoms with Gasteiger partial charge >= 0.3 is 5.97 Å². The van der Waals surface area contributed by atoms with Gasteiger partial charge in [-0.15, -0.1) is 0 Å². The van der Waals surface area contributed by atoms with Crippen molar-refractivity contribution in [3.63, 3.8) is 0 Å². The van der Waals surface area contributed by atoms with Crippen molar-refractivity contribution in [1.82, 2.24) is 5.32 Å². The summed E-state index contributed by atoms with van der Waals surface area (Å²) in [5, 5.41) is 3.41. The summed E-state index contributed by atoms with van der Waals surface area (Å²) in [4.78, 5) is 24.7. The monoisotopic (exact) mass is 531 g/mol. The third-order valence-corrected chi connectivity index (χ3v) is 6.24. The highest BCUT2D eigenvalue weighted by molar-refractivity contribution is 6.32. The lowest BCUT2D eigenvalue weighted by Crippen LogP contribution is -2.27. The van der Waals surface area contributed by atoms with E-state index in [1.54, 1.807) is 67.6 Å². The van der Waals surface area contributed by atoms with Crippen LogP contribution in [0.3, 0.4) is 0 Å². The van der Waals surface area contributed by atoms with E-state index in [0.29, 0.717) is 63.6 Å². The molecular formula is C27H24Cl2FNO5. The smallest absolute Gasteiger partial charge is 0.313 e. The van der Waals surface area contributed by atoms with E-state index < -0.39 is 18.0 Å². The van der Waals surface area contributed by atoms with Crippen LogP contribution in [0.25, 0.3) is 0 Å². The Kier molecular flexibility index (Phi) is 8.33. The maximum Gasteiger partial charge on any atom is 0.313 e. The fourth-order valence-electron chi connectivity index (χ4n) is 3.83. The fraction of sp³-hybridized carbons (Fsp3) is 0.259. The standard InChI is InChI=1S/C27H24Cl2FNO5/c1-2-34-27(33)20-11-12-35-24-14-25(22(29)13-21(20)24)36-19-9-5-17(6-10-19)26(32)31-15-23(30)16-3-7-18(28)8-4-16/h3-10,13-14,20,23H,2,11-12,15H2,1H3,(H,31,32). The summed E-state index contributed by atoms with van der Waals surface area (Å²) in [6.07, 6.45) is -0.847. The minimum absolute atomic E-state index is 0.170. The van der Waals surface area contributed by atoms with Crippen LogP contribution in [-0.2, 0) is 9.53 Å². The molecule has 2 unspecified atom stereocenters. The number of amides is 1. The molecule has 6 nitrogen and oxygen atoms in total. The van der Waals surface area contributed by atoms with Gasteiger partial charge in [0.25, 0.3) is 5.91 Å². The van der Waals surface area contributed by atoms with Gasteiger partial charge in [0.15, 0.2) is 0 Å². The zero-order valence-electron chi connectivity index (χ0n) is 19.4. The molecular weight excluding hydrogens is 508 g/mol. The second-order valence-electron chi connectivity index (χ2n) is 8.12. The van der Waals surface area contributed by atoms with E-state index in [0.717, 1.165) is 0 Å². The van der Waals surface area contributed by atoms with E-state index in [1.807, 2.05) is 0 Å². The van der Waals surface area contributed by atoms with Crippen molar-refractivity contribution in [2.24, 2.45) is 0 Å². The second-order valence-corrected chi connectivity index (χ2v) is 8.96. The summed E-state index contributed by atoms with van der Waals surface area (Å²) >= 11 is 12.3. The SMILES string of the molecule is CCOC(=O)C1CCOc2cc(Oc3ccc(C(=O)NCC(F)c4ccc(Cl)cc4)cc3)c(Cl)cc21. The number of fused-ring (bicyclic) bond motifs is 1. The van der Waals surface area contributed by atoms with Crippen molar-refractivity contribution in [3.8, 4) is 17.2 Å². The van der Waals surface area contributed by atoms with Crippen LogP contribution in [0.1, 0.15) is 46.9 Å². The van der Waals surface area contributed by atoms with Crippen LogP contribution < -0.4 is 14.8 Å². The topological polar surface area (TPSA) is 73.9 Å². The summed E-state index contributed by atoms with van der Waals surface area (Å²) in [5.74, 6) is 0.130. The van der Waals surface area contributed by atoms with E-state index in [4.69, 9.17) is 37.4 Å². The van der Waals surface area contributed by atoms with Crippen molar-refractivity contribution in [1.29, 1.82) is 0 Å². The van der Waals surface area contributed by atoms with E-state index in [9.17, 15) is 14.0 Å². The van der Waals surface area contributed by atoms with Crippen molar-refractivity contribution < 1.29 is 28.2 Å². The number of hydrogen-bond donors (Lipinski definition) is 1. The number of halogens is 3. The molecule has 3 aromatic rings. The number of alkyl halides is 1. The Balaban J connectivity index is 1.39. The van der Waals surface area contributed by atoms with Crippen LogP contribution in [0, 0.1) is 0 Å². The third kappa shape index (κ3) is 6.09. The molecule has 0 spiro atoms. The van der Waals surface area contributed by atoms with Crippen molar-refractivity contribution in [3.05, 3.63) is 87.4 Å². The first-order valence-electron chi connectivity index (χ1n) is 11.4. The van der Waals surface area contributed by atoms with Crippen LogP contribution in [0.2, 0.25) is 10.0 Å². The van der Waals surface area contributed by atoms with Gasteiger partial charge in [-0.25, -0.2) is 4.39 Å². The summed E-state index contributed by atoms with van der Waals surface area (Å²) in [6, 6.07) is 16.0. The average Bonchev–Trinajstić information content (AvgIpc) is 2.88. The number of carbonyl (C=O) groups excluding carboxylic acids is 2. The molecule has 4 rings (SSSR count). The molecule has 1 aliphatic heterocycles. The molecule has 0 aromatic heterocycles. The normalized spacial score (nSPS) is 15.3. The lowest BCUT2D eigenvalue weighted by atomic mass is 9.93. The van der Waals surface area contributed by atoms with E-state index in [2.05, 4.69) is 5.32 Å². The number of nitrogens with one attached hydrogen (secondary N) is 1. The number of hydrogen-bond acceptors (Lipinski definition) is 5. The molecule has 2 atom stereocenters. The Morgan fingerprint density at radius 2 is 1.83 bits per heavy atom. The molecule has 1 heterocycles. The fourth-order valence-corrected chi connectivity index (χ4v) is 4.17. The van der Waals surface area contributed by atoms with Gasteiger partial charge in [-0.1, -0.05) is 35.3 Å². The highest BCUT2D eigenvalue weighted by Crippen LogP contribution is 2.42. The zero-order valence-corrected chi connectivity index (χ0v) is 20.9. The first-order valence-corrected chi connectivity index (χ1v) is 12.2. The minimum Gasteiger partial charge on any atom is -0.493 e. The predicted molar refractivity (Wildman–Crippen MR) is 135 cm³/mol. The van der Waals surface area contributed by atoms with Gasteiger partial charge in [-0.2, -0.15) is 0 Å². The molecule has 0 radical (unpaired) electrons. The molecule has 1 aliphatic rings. The predicted octanol–water partition coefficient (Wildman–Crippen LogP) is 6.66. The molecule has 36 heavy (non-hydrogen) atoms. The van der Waals surface area contributed by atoms with Gasteiger partial charge in [0.1, 0.15) is 23.4 Å². The summed E-state index contributed by atoms with van der Waals surface area (Å²) in [5.41, 5.74) is 1.44. The number of benzene rings is 3. The van der Waals surface area contributed by atoms with E-state index >= 15 is 0 Å². The van der Waals surface area contributed by atoms with Crippen LogP contribution in [0.4, 0.5) is 4.39 Å². The summed E-state index contributed by atoms with van der Waals surface area (Å²) in [6.45, 7) is 2.26.